The molecule has 1 fully saturated rings. The van der Waals surface area contributed by atoms with Crippen LogP contribution >= 0.6 is 0 Å². The van der Waals surface area contributed by atoms with Crippen molar-refractivity contribution in [1.29, 1.82) is 0 Å². The molecule has 0 aromatic heterocycles. The first-order chi connectivity index (χ1) is 8.26. The van der Waals surface area contributed by atoms with E-state index in [4.69, 9.17) is 9.47 Å². The molecule has 1 atom stereocenters. The molecule has 0 saturated carbocycles. The number of aliphatic hydroxyl groups excluding tert-OH is 1. The maximum absolute atomic E-state index is 9.85. The fourth-order valence-corrected chi connectivity index (χ4v) is 2.13. The van der Waals surface area contributed by atoms with Gasteiger partial charge in [0, 0.05) is 46.9 Å². The Morgan fingerprint density at radius 1 is 1.35 bits per heavy atom. The molecule has 5 heteroatoms. The number of β-amino-alcohol motifs (C(OH)–C–C–N with tert-alkyl or cyclic N) is 1. The number of hydrogen-bond acceptors (Lipinski definition) is 5. The van der Waals surface area contributed by atoms with Gasteiger partial charge in [-0.05, 0) is 12.8 Å². The van der Waals surface area contributed by atoms with Gasteiger partial charge in [-0.1, -0.05) is 0 Å². The molecule has 1 aliphatic rings. The molecular weight excluding hydrogens is 220 g/mol. The first kappa shape index (κ1) is 14.9. The third-order valence-electron chi connectivity index (χ3n) is 3.20. The predicted molar refractivity (Wildman–Crippen MR) is 67.2 cm³/mol. The molecular formula is C12H26N2O3. The van der Waals surface area contributed by atoms with Crippen LogP contribution in [0.1, 0.15) is 12.8 Å². The van der Waals surface area contributed by atoms with Gasteiger partial charge in [0.2, 0.25) is 0 Å². The van der Waals surface area contributed by atoms with Crippen molar-refractivity contribution in [3.63, 3.8) is 0 Å². The highest BCUT2D eigenvalue weighted by Crippen LogP contribution is 2.12. The van der Waals surface area contributed by atoms with Crippen LogP contribution in [0.15, 0.2) is 0 Å². The minimum atomic E-state index is -0.300. The molecule has 1 aliphatic heterocycles. The van der Waals surface area contributed by atoms with Gasteiger partial charge in [-0.3, -0.25) is 0 Å². The Kier molecular flexibility index (Phi) is 7.72. The van der Waals surface area contributed by atoms with Crippen LogP contribution in [-0.4, -0.2) is 75.8 Å². The van der Waals surface area contributed by atoms with Gasteiger partial charge < -0.3 is 24.8 Å². The average Bonchev–Trinajstić information content (AvgIpc) is 2.36. The number of nitrogens with zero attached hydrogens (tertiary/aromatic N) is 1. The summed E-state index contributed by atoms with van der Waals surface area (Å²) in [6.07, 6.45) is 2.25. The van der Waals surface area contributed by atoms with E-state index in [0.29, 0.717) is 19.3 Å². The summed E-state index contributed by atoms with van der Waals surface area (Å²) >= 11 is 0. The zero-order valence-electron chi connectivity index (χ0n) is 11.0. The first-order valence-electron chi connectivity index (χ1n) is 6.39. The van der Waals surface area contributed by atoms with E-state index >= 15 is 0 Å². The molecule has 0 bridgehead atoms. The Labute approximate surface area is 104 Å². The van der Waals surface area contributed by atoms with Gasteiger partial charge in [0.25, 0.3) is 0 Å². The van der Waals surface area contributed by atoms with Crippen molar-refractivity contribution in [2.24, 2.45) is 0 Å². The highest BCUT2D eigenvalue weighted by Gasteiger charge is 2.20. The summed E-state index contributed by atoms with van der Waals surface area (Å²) in [7, 11) is 3.45. The van der Waals surface area contributed by atoms with Crippen molar-refractivity contribution >= 4 is 0 Å². The summed E-state index contributed by atoms with van der Waals surface area (Å²) in [5, 5.41) is 13.0. The quantitative estimate of drug-likeness (QED) is 0.576. The van der Waals surface area contributed by atoms with E-state index in [1.54, 1.807) is 14.2 Å². The Morgan fingerprint density at radius 2 is 2.06 bits per heavy atom. The van der Waals surface area contributed by atoms with E-state index in [9.17, 15) is 5.11 Å². The number of hydrogen-bond donors (Lipinski definition) is 2. The predicted octanol–water partition coefficient (Wildman–Crippen LogP) is -0.306. The minimum Gasteiger partial charge on any atom is -0.390 e. The summed E-state index contributed by atoms with van der Waals surface area (Å²) in [6, 6.07) is 0. The van der Waals surface area contributed by atoms with Crippen LogP contribution in [0, 0.1) is 0 Å². The molecule has 1 unspecified atom stereocenters. The molecule has 2 N–H and O–H groups in total. The van der Waals surface area contributed by atoms with E-state index in [-0.39, 0.29) is 6.10 Å². The molecule has 0 aromatic carbocycles. The molecule has 0 radical (unpaired) electrons. The number of likely N-dealkylation sites (tertiary alicyclic amines) is 1. The topological polar surface area (TPSA) is 54.0 Å². The largest absolute Gasteiger partial charge is 0.390 e. The second-order valence-corrected chi connectivity index (χ2v) is 4.59. The number of methoxy groups -OCH3 is 2. The van der Waals surface area contributed by atoms with E-state index in [2.05, 4.69) is 10.2 Å². The van der Waals surface area contributed by atoms with Crippen molar-refractivity contribution < 1.29 is 14.6 Å². The molecule has 102 valence electrons. The Hall–Kier alpha value is -0.200. The smallest absolute Gasteiger partial charge is 0.0791 e. The van der Waals surface area contributed by atoms with Gasteiger partial charge in [0.05, 0.1) is 18.8 Å². The first-order valence-corrected chi connectivity index (χ1v) is 6.39. The molecule has 1 rings (SSSR count). The number of ether oxygens (including phenoxy) is 2. The van der Waals surface area contributed by atoms with Crippen LogP contribution in [0.5, 0.6) is 0 Å². The average molecular weight is 246 g/mol. The number of rotatable bonds is 8. The van der Waals surface area contributed by atoms with Crippen molar-refractivity contribution in [3.8, 4) is 0 Å². The fraction of sp³-hybridized carbons (Fsp3) is 1.00. The Balaban J connectivity index is 2.04. The highest BCUT2D eigenvalue weighted by atomic mass is 16.5. The van der Waals surface area contributed by atoms with Crippen molar-refractivity contribution in [1.82, 2.24) is 10.2 Å². The van der Waals surface area contributed by atoms with Crippen LogP contribution < -0.4 is 5.32 Å². The van der Waals surface area contributed by atoms with Gasteiger partial charge in [-0.15, -0.1) is 0 Å². The van der Waals surface area contributed by atoms with Gasteiger partial charge in [-0.2, -0.15) is 0 Å². The third kappa shape index (κ3) is 6.33. The van der Waals surface area contributed by atoms with E-state index in [1.165, 1.54) is 0 Å². The van der Waals surface area contributed by atoms with Crippen molar-refractivity contribution in [3.05, 3.63) is 0 Å². The van der Waals surface area contributed by atoms with E-state index in [0.717, 1.165) is 39.0 Å². The second-order valence-electron chi connectivity index (χ2n) is 4.59. The SMILES string of the molecule is COCCNCC(O)CN1CCC(OC)CC1. The molecule has 1 heterocycles. The molecule has 0 aliphatic carbocycles. The number of piperidine rings is 1. The zero-order valence-corrected chi connectivity index (χ0v) is 11.0. The Morgan fingerprint density at radius 3 is 2.65 bits per heavy atom. The second kappa shape index (κ2) is 8.83. The molecule has 0 spiro atoms. The van der Waals surface area contributed by atoms with Crippen LogP contribution in [0.2, 0.25) is 0 Å². The lowest BCUT2D eigenvalue weighted by Crippen LogP contribution is -2.43. The lowest BCUT2D eigenvalue weighted by Gasteiger charge is -2.32. The lowest BCUT2D eigenvalue weighted by molar-refractivity contribution is 0.0244. The summed E-state index contributed by atoms with van der Waals surface area (Å²) in [5.74, 6) is 0. The fourth-order valence-electron chi connectivity index (χ4n) is 2.13. The third-order valence-corrected chi connectivity index (χ3v) is 3.20. The summed E-state index contributed by atoms with van der Waals surface area (Å²) in [6.45, 7) is 4.90. The number of aliphatic hydroxyl groups is 1. The molecule has 1 saturated heterocycles. The van der Waals surface area contributed by atoms with Crippen LogP contribution in [0.3, 0.4) is 0 Å². The van der Waals surface area contributed by atoms with Gasteiger partial charge in [0.1, 0.15) is 0 Å². The molecule has 0 aromatic rings. The Bertz CT molecular complexity index is 185. The maximum atomic E-state index is 9.85. The van der Waals surface area contributed by atoms with Crippen LogP contribution in [0.4, 0.5) is 0 Å². The monoisotopic (exact) mass is 246 g/mol. The standard InChI is InChI=1S/C12H26N2O3/c1-16-8-5-13-9-11(15)10-14-6-3-12(17-2)4-7-14/h11-13,15H,3-10H2,1-2H3. The van der Waals surface area contributed by atoms with Crippen molar-refractivity contribution in [2.75, 3.05) is 53.6 Å². The number of nitrogens with one attached hydrogen (secondary N) is 1. The highest BCUT2D eigenvalue weighted by molar-refractivity contribution is 4.75. The summed E-state index contributed by atoms with van der Waals surface area (Å²) < 4.78 is 10.3. The van der Waals surface area contributed by atoms with Crippen LogP contribution in [0.25, 0.3) is 0 Å². The summed E-state index contributed by atoms with van der Waals surface area (Å²) in [5.41, 5.74) is 0. The lowest BCUT2D eigenvalue weighted by atomic mass is 10.1. The normalized spacial score (nSPS) is 20.6. The van der Waals surface area contributed by atoms with Gasteiger partial charge >= 0.3 is 0 Å². The molecule has 17 heavy (non-hydrogen) atoms. The minimum absolute atomic E-state index is 0.300. The zero-order chi connectivity index (χ0) is 12.5. The van der Waals surface area contributed by atoms with E-state index in [1.807, 2.05) is 0 Å². The van der Waals surface area contributed by atoms with Crippen molar-refractivity contribution in [2.45, 2.75) is 25.0 Å². The van der Waals surface area contributed by atoms with Crippen LogP contribution in [-0.2, 0) is 9.47 Å². The summed E-state index contributed by atoms with van der Waals surface area (Å²) in [4.78, 5) is 2.30. The molecule has 5 nitrogen and oxygen atoms in total. The molecule has 0 amide bonds. The van der Waals surface area contributed by atoms with Gasteiger partial charge in [0.15, 0.2) is 0 Å². The maximum Gasteiger partial charge on any atom is 0.0791 e. The van der Waals surface area contributed by atoms with Gasteiger partial charge in [-0.25, -0.2) is 0 Å². The van der Waals surface area contributed by atoms with E-state index < -0.39 is 0 Å².